The normalized spacial score (nSPS) is 22.9. The Hall–Kier alpha value is -3.22. The summed E-state index contributed by atoms with van der Waals surface area (Å²) in [4.78, 5) is 16.2. The largest absolute Gasteiger partial charge is 0.326 e. The quantitative estimate of drug-likeness (QED) is 0.649. The lowest BCUT2D eigenvalue weighted by Gasteiger charge is -2.37. The molecule has 2 aliphatic carbocycles. The summed E-state index contributed by atoms with van der Waals surface area (Å²) in [6, 6.07) is 9.22. The Kier molecular flexibility index (Phi) is 4.22. The lowest BCUT2D eigenvalue weighted by Crippen LogP contribution is -2.37. The average molecular weight is 420 g/mol. The minimum Gasteiger partial charge on any atom is -0.326 e. The standard InChI is InChI=1S/C24H22F2N4O/c1-13(31)28-14-8-10-27-20(11-14)24-9-7-16(23(24,2)3)15-12-19(29-30-22(15)24)21-17(25)5-4-6-18(21)26/h4-6,8,10-12,16H,7,9H2,1-3H3,(H,27,28,31)/t16-,24+/m0/s1. The molecule has 31 heavy (non-hydrogen) atoms. The van der Waals surface area contributed by atoms with Crippen LogP contribution in [-0.4, -0.2) is 21.1 Å². The molecule has 0 radical (unpaired) electrons. The fraction of sp³-hybridized carbons (Fsp3) is 0.333. The van der Waals surface area contributed by atoms with Crippen LogP contribution >= 0.6 is 0 Å². The lowest BCUT2D eigenvalue weighted by atomic mass is 9.66. The second kappa shape index (κ2) is 6.64. The van der Waals surface area contributed by atoms with Crippen LogP contribution < -0.4 is 5.32 Å². The van der Waals surface area contributed by atoms with Gasteiger partial charge in [0.05, 0.1) is 28.1 Å². The molecule has 5 rings (SSSR count). The van der Waals surface area contributed by atoms with Gasteiger partial charge in [0.25, 0.3) is 0 Å². The molecule has 2 bridgehead atoms. The molecule has 2 atom stereocenters. The summed E-state index contributed by atoms with van der Waals surface area (Å²) in [5.74, 6) is -1.30. The summed E-state index contributed by atoms with van der Waals surface area (Å²) in [7, 11) is 0. The van der Waals surface area contributed by atoms with Crippen molar-refractivity contribution in [2.75, 3.05) is 5.32 Å². The molecule has 7 heteroatoms. The summed E-state index contributed by atoms with van der Waals surface area (Å²) in [6.45, 7) is 5.83. The minimum atomic E-state index is -0.656. The molecular formula is C24H22F2N4O. The number of amides is 1. The van der Waals surface area contributed by atoms with Crippen LogP contribution in [0.25, 0.3) is 11.3 Å². The highest BCUT2D eigenvalue weighted by atomic mass is 19.1. The Labute approximate surface area is 178 Å². The van der Waals surface area contributed by atoms with Gasteiger partial charge in [-0.05, 0) is 60.1 Å². The zero-order valence-corrected chi connectivity index (χ0v) is 17.5. The molecule has 3 aromatic rings. The van der Waals surface area contributed by atoms with Crippen LogP contribution in [0.3, 0.4) is 0 Å². The number of halogens is 2. The van der Waals surface area contributed by atoms with Gasteiger partial charge in [0, 0.05) is 18.8 Å². The van der Waals surface area contributed by atoms with E-state index in [1.54, 1.807) is 18.3 Å². The van der Waals surface area contributed by atoms with Gasteiger partial charge < -0.3 is 5.32 Å². The van der Waals surface area contributed by atoms with Crippen molar-refractivity contribution in [3.05, 3.63) is 71.2 Å². The van der Waals surface area contributed by atoms with E-state index in [0.717, 1.165) is 29.8 Å². The number of nitrogens with zero attached hydrogens (tertiary/aromatic N) is 3. The van der Waals surface area contributed by atoms with Gasteiger partial charge in [0.1, 0.15) is 11.6 Å². The smallest absolute Gasteiger partial charge is 0.221 e. The summed E-state index contributed by atoms with van der Waals surface area (Å²) in [6.07, 6.45) is 3.44. The number of pyridine rings is 1. The fourth-order valence-corrected chi connectivity index (χ4v) is 5.70. The number of benzene rings is 1. The van der Waals surface area contributed by atoms with Gasteiger partial charge in [-0.3, -0.25) is 9.78 Å². The Morgan fingerprint density at radius 1 is 1.13 bits per heavy atom. The van der Waals surface area contributed by atoms with Crippen molar-refractivity contribution in [2.24, 2.45) is 5.41 Å². The maximum absolute atomic E-state index is 14.4. The highest BCUT2D eigenvalue weighted by molar-refractivity contribution is 5.88. The molecule has 2 aromatic heterocycles. The van der Waals surface area contributed by atoms with E-state index in [0.29, 0.717) is 5.69 Å². The molecule has 1 aromatic carbocycles. The third-order valence-corrected chi connectivity index (χ3v) is 7.12. The molecule has 0 saturated heterocycles. The predicted octanol–water partition coefficient (Wildman–Crippen LogP) is 4.98. The maximum Gasteiger partial charge on any atom is 0.221 e. The van der Waals surface area contributed by atoms with E-state index in [9.17, 15) is 13.6 Å². The topological polar surface area (TPSA) is 67.8 Å². The third-order valence-electron chi connectivity index (χ3n) is 7.12. The highest BCUT2D eigenvalue weighted by Crippen LogP contribution is 2.69. The number of anilines is 1. The van der Waals surface area contributed by atoms with Gasteiger partial charge in [-0.1, -0.05) is 19.9 Å². The minimum absolute atomic E-state index is 0.152. The zero-order chi connectivity index (χ0) is 22.0. The van der Waals surface area contributed by atoms with E-state index in [4.69, 9.17) is 0 Å². The first-order chi connectivity index (χ1) is 14.8. The lowest BCUT2D eigenvalue weighted by molar-refractivity contribution is -0.114. The zero-order valence-electron chi connectivity index (χ0n) is 17.5. The number of rotatable bonds is 3. The summed E-state index contributed by atoms with van der Waals surface area (Å²) in [5, 5.41) is 11.6. The molecule has 0 unspecified atom stereocenters. The second-order valence-corrected chi connectivity index (χ2v) is 8.96. The van der Waals surface area contributed by atoms with E-state index >= 15 is 0 Å². The van der Waals surface area contributed by atoms with Gasteiger partial charge in [-0.15, -0.1) is 5.10 Å². The molecule has 5 nitrogen and oxygen atoms in total. The Bertz CT molecular complexity index is 1210. The van der Waals surface area contributed by atoms with Gasteiger partial charge >= 0.3 is 0 Å². The Morgan fingerprint density at radius 3 is 2.58 bits per heavy atom. The first-order valence-corrected chi connectivity index (χ1v) is 10.3. The second-order valence-electron chi connectivity index (χ2n) is 8.96. The Balaban J connectivity index is 1.68. The molecule has 1 N–H and O–H groups in total. The van der Waals surface area contributed by atoms with Gasteiger partial charge in [-0.25, -0.2) is 8.78 Å². The van der Waals surface area contributed by atoms with Crippen molar-refractivity contribution in [3.8, 4) is 11.3 Å². The number of fused-ring (bicyclic) bond motifs is 5. The Morgan fingerprint density at radius 2 is 1.87 bits per heavy atom. The molecule has 1 saturated carbocycles. The van der Waals surface area contributed by atoms with E-state index in [1.807, 2.05) is 6.07 Å². The highest BCUT2D eigenvalue weighted by Gasteiger charge is 2.65. The molecule has 158 valence electrons. The molecule has 1 amide bonds. The first kappa shape index (κ1) is 19.7. The van der Waals surface area contributed by atoms with Crippen molar-refractivity contribution >= 4 is 11.6 Å². The number of carbonyl (C=O) groups excluding carboxylic acids is 1. The monoisotopic (exact) mass is 420 g/mol. The van der Waals surface area contributed by atoms with Crippen LogP contribution in [0.15, 0.2) is 42.6 Å². The van der Waals surface area contributed by atoms with Crippen molar-refractivity contribution in [1.82, 2.24) is 15.2 Å². The number of nitrogens with one attached hydrogen (secondary N) is 1. The van der Waals surface area contributed by atoms with Crippen LogP contribution in [0.4, 0.5) is 14.5 Å². The van der Waals surface area contributed by atoms with Crippen LogP contribution in [-0.2, 0) is 10.2 Å². The maximum atomic E-state index is 14.4. The average Bonchev–Trinajstić information content (AvgIpc) is 3.09. The van der Waals surface area contributed by atoms with E-state index < -0.39 is 17.0 Å². The van der Waals surface area contributed by atoms with Crippen molar-refractivity contribution in [1.29, 1.82) is 0 Å². The van der Waals surface area contributed by atoms with E-state index in [2.05, 4.69) is 34.3 Å². The fourth-order valence-electron chi connectivity index (χ4n) is 5.70. The third kappa shape index (κ3) is 2.65. The van der Waals surface area contributed by atoms with Gasteiger partial charge in [-0.2, -0.15) is 5.10 Å². The molecule has 0 spiro atoms. The van der Waals surface area contributed by atoms with Crippen molar-refractivity contribution in [2.45, 2.75) is 44.9 Å². The molecule has 2 heterocycles. The summed E-state index contributed by atoms with van der Waals surface area (Å²) < 4.78 is 28.7. The van der Waals surface area contributed by atoms with Crippen LogP contribution in [0.2, 0.25) is 0 Å². The van der Waals surface area contributed by atoms with Gasteiger partial charge in [0.15, 0.2) is 0 Å². The molecular weight excluding hydrogens is 398 g/mol. The van der Waals surface area contributed by atoms with Crippen LogP contribution in [0, 0.1) is 17.0 Å². The van der Waals surface area contributed by atoms with Crippen LogP contribution in [0.5, 0.6) is 0 Å². The van der Waals surface area contributed by atoms with Crippen molar-refractivity contribution in [3.63, 3.8) is 0 Å². The number of carbonyl (C=O) groups is 1. The predicted molar refractivity (Wildman–Crippen MR) is 112 cm³/mol. The van der Waals surface area contributed by atoms with E-state index in [1.165, 1.54) is 25.1 Å². The first-order valence-electron chi connectivity index (χ1n) is 10.3. The molecule has 2 aliphatic rings. The number of hydrogen-bond donors (Lipinski definition) is 1. The van der Waals surface area contributed by atoms with Crippen LogP contribution in [0.1, 0.15) is 56.5 Å². The molecule has 1 fully saturated rings. The van der Waals surface area contributed by atoms with Gasteiger partial charge in [0.2, 0.25) is 5.91 Å². The number of aromatic nitrogens is 3. The van der Waals surface area contributed by atoms with Crippen molar-refractivity contribution < 1.29 is 13.6 Å². The number of hydrogen-bond acceptors (Lipinski definition) is 4. The molecule has 0 aliphatic heterocycles. The summed E-state index contributed by atoms with van der Waals surface area (Å²) >= 11 is 0. The van der Waals surface area contributed by atoms with E-state index in [-0.39, 0.29) is 28.5 Å². The summed E-state index contributed by atoms with van der Waals surface area (Å²) in [5.41, 5.74) is 2.61. The SMILES string of the molecule is CC(=O)Nc1ccnc([C@]23CC[C@@H](c4cc(-c5c(F)cccc5F)nnc42)C3(C)C)c1.